The van der Waals surface area contributed by atoms with Crippen LogP contribution in [0.5, 0.6) is 0 Å². The molecule has 6 heteroatoms. The summed E-state index contributed by atoms with van der Waals surface area (Å²) in [4.78, 5) is 38.0. The molecule has 20 heavy (non-hydrogen) atoms. The summed E-state index contributed by atoms with van der Waals surface area (Å²) in [6, 6.07) is 3.47. The van der Waals surface area contributed by atoms with Crippen molar-refractivity contribution in [1.82, 2.24) is 0 Å². The minimum Gasteiger partial charge on any atom is -0.468 e. The first-order valence-electron chi connectivity index (χ1n) is 6.16. The molecule has 0 spiro atoms. The number of fused-ring (bicyclic) bond motifs is 1. The van der Waals surface area contributed by atoms with E-state index in [2.05, 4.69) is 20.7 Å². The average molecular weight is 340 g/mol. The summed E-state index contributed by atoms with van der Waals surface area (Å²) in [7, 11) is 1.17. The van der Waals surface area contributed by atoms with Crippen LogP contribution in [0.15, 0.2) is 16.6 Å². The fraction of sp³-hybridized carbons (Fsp3) is 0.357. The van der Waals surface area contributed by atoms with Gasteiger partial charge in [-0.25, -0.2) is 0 Å². The Balaban J connectivity index is 2.68. The van der Waals surface area contributed by atoms with Gasteiger partial charge in [0.15, 0.2) is 11.7 Å². The highest BCUT2D eigenvalue weighted by Gasteiger charge is 2.44. The second-order valence-corrected chi connectivity index (χ2v) is 5.44. The van der Waals surface area contributed by atoms with Crippen molar-refractivity contribution >= 4 is 39.3 Å². The van der Waals surface area contributed by atoms with Gasteiger partial charge >= 0.3 is 5.97 Å². The van der Waals surface area contributed by atoms with E-state index in [1.54, 1.807) is 13.0 Å². The van der Waals surface area contributed by atoms with Gasteiger partial charge in [-0.05, 0) is 31.5 Å². The minimum atomic E-state index is -1.40. The van der Waals surface area contributed by atoms with E-state index in [1.165, 1.54) is 12.0 Å². The first kappa shape index (κ1) is 14.7. The normalized spacial score (nSPS) is 18.0. The van der Waals surface area contributed by atoms with Crippen molar-refractivity contribution in [2.45, 2.75) is 13.8 Å². The number of carbonyl (C=O) groups is 3. The molecule has 1 amide bonds. The number of nitrogens with zero attached hydrogens (tertiary/aromatic N) is 1. The van der Waals surface area contributed by atoms with E-state index < -0.39 is 23.6 Å². The molecule has 1 aromatic carbocycles. The number of aryl methyl sites for hydroxylation is 1. The summed E-state index contributed by atoms with van der Waals surface area (Å²) < 4.78 is 5.31. The number of esters is 1. The number of rotatable bonds is 2. The third kappa shape index (κ3) is 2.14. The number of hydrogen-bond donors (Lipinski definition) is 0. The number of ether oxygens (including phenoxy) is 1. The predicted octanol–water partition coefficient (Wildman–Crippen LogP) is 2.10. The van der Waals surface area contributed by atoms with Gasteiger partial charge in [0.25, 0.3) is 0 Å². The largest absolute Gasteiger partial charge is 0.468 e. The van der Waals surface area contributed by atoms with Crippen LogP contribution < -0.4 is 4.90 Å². The number of benzene rings is 1. The maximum absolute atomic E-state index is 12.4. The second kappa shape index (κ2) is 5.36. The molecule has 1 aliphatic rings. The number of halogens is 1. The molecule has 1 heterocycles. The van der Waals surface area contributed by atoms with Crippen LogP contribution in [0.4, 0.5) is 5.69 Å². The quantitative estimate of drug-likeness (QED) is 0.611. The zero-order valence-electron chi connectivity index (χ0n) is 11.4. The molecule has 0 saturated carbocycles. The van der Waals surface area contributed by atoms with Crippen LogP contribution >= 0.6 is 15.9 Å². The number of Topliss-reactive ketones (excluding diaryl/α,β-unsaturated/α-hetero) is 1. The molecule has 1 aliphatic heterocycles. The second-order valence-electron chi connectivity index (χ2n) is 4.52. The molecule has 0 aliphatic carbocycles. The van der Waals surface area contributed by atoms with Gasteiger partial charge in [0, 0.05) is 16.6 Å². The lowest BCUT2D eigenvalue weighted by molar-refractivity contribution is -0.147. The van der Waals surface area contributed by atoms with Crippen LogP contribution in [0.1, 0.15) is 22.8 Å². The summed E-state index contributed by atoms with van der Waals surface area (Å²) in [6.07, 6.45) is 0. The first-order valence-corrected chi connectivity index (χ1v) is 6.95. The Bertz CT molecular complexity index is 611. The Morgan fingerprint density at radius 2 is 2.05 bits per heavy atom. The Morgan fingerprint density at radius 1 is 1.40 bits per heavy atom. The van der Waals surface area contributed by atoms with Crippen molar-refractivity contribution in [2.24, 2.45) is 5.92 Å². The summed E-state index contributed by atoms with van der Waals surface area (Å²) in [5.74, 6) is -3.25. The third-order valence-electron chi connectivity index (χ3n) is 3.33. The highest BCUT2D eigenvalue weighted by molar-refractivity contribution is 9.10. The van der Waals surface area contributed by atoms with Gasteiger partial charge in [0.1, 0.15) is 0 Å². The molecule has 2 rings (SSSR count). The minimum absolute atomic E-state index is 0.369. The van der Waals surface area contributed by atoms with Crippen molar-refractivity contribution in [3.05, 3.63) is 27.7 Å². The van der Waals surface area contributed by atoms with Crippen LogP contribution in [0, 0.1) is 12.8 Å². The van der Waals surface area contributed by atoms with E-state index in [9.17, 15) is 14.4 Å². The van der Waals surface area contributed by atoms with E-state index in [1.807, 2.05) is 13.0 Å². The van der Waals surface area contributed by atoms with Crippen LogP contribution in [-0.4, -0.2) is 31.3 Å². The highest BCUT2D eigenvalue weighted by atomic mass is 79.9. The fourth-order valence-corrected chi connectivity index (χ4v) is 3.03. The summed E-state index contributed by atoms with van der Waals surface area (Å²) >= 11 is 3.33. The highest BCUT2D eigenvalue weighted by Crippen LogP contribution is 2.36. The summed E-state index contributed by atoms with van der Waals surface area (Å²) in [5.41, 5.74) is 1.75. The van der Waals surface area contributed by atoms with Gasteiger partial charge in [-0.1, -0.05) is 15.9 Å². The van der Waals surface area contributed by atoms with Crippen molar-refractivity contribution in [3.8, 4) is 0 Å². The van der Waals surface area contributed by atoms with Crippen LogP contribution in [0.3, 0.4) is 0 Å². The lowest BCUT2D eigenvalue weighted by Gasteiger charge is -2.32. The van der Waals surface area contributed by atoms with Gasteiger partial charge in [0.2, 0.25) is 5.91 Å². The van der Waals surface area contributed by atoms with E-state index >= 15 is 0 Å². The maximum atomic E-state index is 12.4. The molecule has 106 valence electrons. The SMILES string of the molecule is CCN1C(=O)C(C(=O)OC)C(=O)c2cc(Br)cc(C)c21. The smallest absolute Gasteiger partial charge is 0.326 e. The van der Waals surface area contributed by atoms with Crippen LogP contribution in [0.25, 0.3) is 0 Å². The van der Waals surface area contributed by atoms with Crippen LogP contribution in [-0.2, 0) is 14.3 Å². The topological polar surface area (TPSA) is 63.7 Å². The third-order valence-corrected chi connectivity index (χ3v) is 3.79. The van der Waals surface area contributed by atoms with Gasteiger partial charge in [0.05, 0.1) is 12.8 Å². The molecule has 0 aromatic heterocycles. The number of amides is 1. The molecule has 1 atom stereocenters. The zero-order chi connectivity index (χ0) is 15.0. The molecule has 0 saturated heterocycles. The molecule has 1 aromatic rings. The Hall–Kier alpha value is -1.69. The molecule has 5 nitrogen and oxygen atoms in total. The van der Waals surface area contributed by atoms with Crippen molar-refractivity contribution in [3.63, 3.8) is 0 Å². The Labute approximate surface area is 125 Å². The van der Waals surface area contributed by atoms with Gasteiger partial charge in [-0.2, -0.15) is 0 Å². The number of methoxy groups -OCH3 is 1. The lowest BCUT2D eigenvalue weighted by Crippen LogP contribution is -2.48. The average Bonchev–Trinajstić information content (AvgIpc) is 2.40. The monoisotopic (exact) mass is 339 g/mol. The summed E-state index contributed by atoms with van der Waals surface area (Å²) in [6.45, 7) is 4.01. The molecular formula is C14H14BrNO4. The van der Waals surface area contributed by atoms with Crippen LogP contribution in [0.2, 0.25) is 0 Å². The van der Waals surface area contributed by atoms with Gasteiger partial charge in [-0.3, -0.25) is 14.4 Å². The molecule has 0 radical (unpaired) electrons. The van der Waals surface area contributed by atoms with E-state index in [0.29, 0.717) is 17.8 Å². The van der Waals surface area contributed by atoms with Gasteiger partial charge in [-0.15, -0.1) is 0 Å². The molecule has 0 fully saturated rings. The van der Waals surface area contributed by atoms with E-state index in [-0.39, 0.29) is 0 Å². The van der Waals surface area contributed by atoms with Gasteiger partial charge < -0.3 is 9.64 Å². The molecule has 0 bridgehead atoms. The standard InChI is InChI=1S/C14H14BrNO4/c1-4-16-11-7(2)5-8(15)6-9(11)12(17)10(13(16)18)14(19)20-3/h5-6,10H,4H2,1-3H3. The molecule has 0 N–H and O–H groups in total. The lowest BCUT2D eigenvalue weighted by atomic mass is 9.88. The maximum Gasteiger partial charge on any atom is 0.326 e. The fourth-order valence-electron chi connectivity index (χ4n) is 2.45. The van der Waals surface area contributed by atoms with Crippen molar-refractivity contribution in [1.29, 1.82) is 0 Å². The number of carbonyl (C=O) groups excluding carboxylic acids is 3. The van der Waals surface area contributed by atoms with Crippen molar-refractivity contribution < 1.29 is 19.1 Å². The zero-order valence-corrected chi connectivity index (χ0v) is 13.0. The Morgan fingerprint density at radius 3 is 2.60 bits per heavy atom. The molecule has 1 unspecified atom stereocenters. The number of ketones is 1. The van der Waals surface area contributed by atoms with E-state index in [0.717, 1.165) is 10.0 Å². The van der Waals surface area contributed by atoms with E-state index in [4.69, 9.17) is 0 Å². The number of anilines is 1. The summed E-state index contributed by atoms with van der Waals surface area (Å²) in [5, 5.41) is 0. The number of hydrogen-bond acceptors (Lipinski definition) is 4. The Kier molecular flexibility index (Phi) is 3.94. The molecular weight excluding hydrogens is 326 g/mol. The predicted molar refractivity (Wildman–Crippen MR) is 76.7 cm³/mol. The van der Waals surface area contributed by atoms with Crippen molar-refractivity contribution in [2.75, 3.05) is 18.6 Å². The first-order chi connectivity index (χ1) is 9.42.